The molecule has 0 aromatic heterocycles. The largest absolute Gasteiger partial charge is 0.457 e. The number of hydrogen-bond donors (Lipinski definition) is 2. The van der Waals surface area contributed by atoms with Crippen molar-refractivity contribution in [3.05, 3.63) is 36.0 Å². The van der Waals surface area contributed by atoms with Crippen molar-refractivity contribution >= 4 is 26.0 Å². The Bertz CT molecular complexity index is 1160. The molecule has 0 bridgehead atoms. The van der Waals surface area contributed by atoms with E-state index in [1.807, 2.05) is 72.0 Å². The molecule has 1 fully saturated rings. The van der Waals surface area contributed by atoms with E-state index in [-0.39, 0.29) is 59.1 Å². The summed E-state index contributed by atoms with van der Waals surface area (Å²) in [7, 11) is -0.896. The molecule has 0 aromatic carbocycles. The number of cyclic esters (lactones) is 1. The molecule has 2 aliphatic heterocycles. The number of ether oxygens (including phenoxy) is 4. The van der Waals surface area contributed by atoms with Crippen LogP contribution in [0, 0.1) is 23.7 Å². The molecule has 47 heavy (non-hydrogen) atoms. The highest BCUT2D eigenvalue weighted by molar-refractivity contribution is 6.72. The minimum atomic E-state index is -2.58. The smallest absolute Gasteiger partial charge is 0.306 e. The number of methoxy groups -OCH3 is 1. The number of ketones is 1. The van der Waals surface area contributed by atoms with Crippen LogP contribution in [0.25, 0.3) is 0 Å². The van der Waals surface area contributed by atoms with Gasteiger partial charge in [0.15, 0.2) is 14.1 Å². The number of rotatable bonds is 13. The molecule has 0 aliphatic carbocycles. The summed E-state index contributed by atoms with van der Waals surface area (Å²) in [4.78, 5) is 49.5. The Labute approximate surface area is 284 Å². The van der Waals surface area contributed by atoms with Crippen LogP contribution < -0.4 is 0 Å². The highest BCUT2D eigenvalue weighted by atomic mass is 28.4. The maximum absolute atomic E-state index is 13.5. The highest BCUT2D eigenvalue weighted by Crippen LogP contribution is 2.44. The summed E-state index contributed by atoms with van der Waals surface area (Å²) >= 11 is 0. The molecule has 2 N–H and O–H groups in total. The predicted octanol–water partition coefficient (Wildman–Crippen LogP) is 6.48. The average Bonchev–Trinajstić information content (AvgIpc) is 3.76. The van der Waals surface area contributed by atoms with E-state index in [1.165, 1.54) is 6.92 Å². The van der Waals surface area contributed by atoms with Crippen LogP contribution in [0.15, 0.2) is 36.0 Å². The first-order chi connectivity index (χ1) is 21.6. The van der Waals surface area contributed by atoms with Gasteiger partial charge in [-0.2, -0.15) is 0 Å². The summed E-state index contributed by atoms with van der Waals surface area (Å²) < 4.78 is 23.0. The second-order valence-electron chi connectivity index (χ2n) is 15.3. The molecule has 2 heterocycles. The van der Waals surface area contributed by atoms with Gasteiger partial charge in [0.05, 0.1) is 12.2 Å². The zero-order valence-corrected chi connectivity index (χ0v) is 31.9. The Kier molecular flexibility index (Phi) is 14.9. The van der Waals surface area contributed by atoms with Gasteiger partial charge < -0.3 is 28.8 Å². The van der Waals surface area contributed by atoms with E-state index < -0.39 is 38.2 Å². The predicted molar refractivity (Wildman–Crippen MR) is 186 cm³/mol. The van der Waals surface area contributed by atoms with E-state index in [4.69, 9.17) is 18.9 Å². The molecule has 1 saturated heterocycles. The summed E-state index contributed by atoms with van der Waals surface area (Å²) in [6, 6.07) is 0. The fraction of sp³-hybridized carbons (Fsp3) is 0.757. The number of carbonyl (C=O) groups is 3. The molecular formula is C37H62O9Si. The van der Waals surface area contributed by atoms with Crippen molar-refractivity contribution in [2.24, 2.45) is 23.7 Å². The summed E-state index contributed by atoms with van der Waals surface area (Å²) in [5, 5.41) is 11.1. The normalized spacial score (nSPS) is 32.4. The SMILES string of the molecule is CC[C@H](OC)[C@@H](C)[C@H]1O[C@@H]1C(=O)C(C)/C=C/C=C(\C)C1OC(=O)C[C@H](CC(C)(C)[Si](C)(C)O)CC[C@@](C)(O)[C@@H](OC(C)=O)/C=C/[C@@H]1C. The van der Waals surface area contributed by atoms with E-state index >= 15 is 0 Å². The van der Waals surface area contributed by atoms with Gasteiger partial charge in [0.2, 0.25) is 0 Å². The van der Waals surface area contributed by atoms with Gasteiger partial charge in [0.25, 0.3) is 0 Å². The number of epoxide rings is 1. The topological polar surface area (TPSA) is 132 Å². The summed E-state index contributed by atoms with van der Waals surface area (Å²) in [6.07, 6.45) is 9.28. The van der Waals surface area contributed by atoms with Crippen LogP contribution in [-0.4, -0.2) is 79.2 Å². The van der Waals surface area contributed by atoms with Crippen molar-refractivity contribution in [1.82, 2.24) is 0 Å². The van der Waals surface area contributed by atoms with Crippen LogP contribution in [0.3, 0.4) is 0 Å². The first-order valence-corrected chi connectivity index (χ1v) is 20.2. The fourth-order valence-corrected chi connectivity index (χ4v) is 7.18. The standard InChI is InChI=1S/C37H62O9Si/c1-13-29(43-10)26(5)34-35(46-34)32(40)23(2)15-14-16-24(3)33-25(4)17-18-30(44-27(6)38)37(9,41)20-19-28(21-31(39)45-33)22-36(7,8)47(11,12)42/h14-18,23,25-26,28-30,33-35,41-42H,13,19-22H2,1-12H3/b15-14+,18-17+,24-16+/t23?,25-,26+,28+,29-,30-,33?,34+,35+,37+/m0/s1. The van der Waals surface area contributed by atoms with Gasteiger partial charge in [0, 0.05) is 38.2 Å². The monoisotopic (exact) mass is 678 g/mol. The van der Waals surface area contributed by atoms with Crippen LogP contribution in [-0.2, 0) is 33.3 Å². The molecule has 10 atom stereocenters. The van der Waals surface area contributed by atoms with E-state index in [0.717, 1.165) is 12.0 Å². The molecule has 2 rings (SSSR count). The van der Waals surface area contributed by atoms with Crippen LogP contribution in [0.2, 0.25) is 18.1 Å². The lowest BCUT2D eigenvalue weighted by Crippen LogP contribution is -2.43. The van der Waals surface area contributed by atoms with Crippen molar-refractivity contribution < 1.29 is 43.2 Å². The van der Waals surface area contributed by atoms with Gasteiger partial charge in [-0.3, -0.25) is 14.4 Å². The fourth-order valence-electron chi connectivity index (χ4n) is 6.40. The van der Waals surface area contributed by atoms with E-state index in [0.29, 0.717) is 19.3 Å². The molecule has 0 spiro atoms. The van der Waals surface area contributed by atoms with Crippen molar-refractivity contribution in [1.29, 1.82) is 0 Å². The zero-order valence-electron chi connectivity index (χ0n) is 30.9. The van der Waals surface area contributed by atoms with E-state index in [2.05, 4.69) is 13.8 Å². The number of hydrogen-bond acceptors (Lipinski definition) is 9. The minimum absolute atomic E-state index is 0.0236. The molecule has 0 radical (unpaired) electrons. The third-order valence-electron chi connectivity index (χ3n) is 10.5. The Morgan fingerprint density at radius 3 is 2.38 bits per heavy atom. The van der Waals surface area contributed by atoms with Gasteiger partial charge in [-0.15, -0.1) is 0 Å². The van der Waals surface area contributed by atoms with E-state index in [9.17, 15) is 24.3 Å². The molecule has 10 heteroatoms. The Hall–Kier alpha value is -2.11. The van der Waals surface area contributed by atoms with Crippen molar-refractivity contribution in [2.45, 2.75) is 149 Å². The average molecular weight is 679 g/mol. The van der Waals surface area contributed by atoms with Crippen LogP contribution in [0.1, 0.15) is 94.4 Å². The van der Waals surface area contributed by atoms with Gasteiger partial charge in [-0.25, -0.2) is 0 Å². The van der Waals surface area contributed by atoms with Crippen molar-refractivity contribution in [3.8, 4) is 0 Å². The lowest BCUT2D eigenvalue weighted by Gasteiger charge is -2.39. The van der Waals surface area contributed by atoms with E-state index in [1.54, 1.807) is 20.1 Å². The minimum Gasteiger partial charge on any atom is -0.457 e. The highest BCUT2D eigenvalue weighted by Gasteiger charge is 2.50. The summed E-state index contributed by atoms with van der Waals surface area (Å²) in [5.74, 6) is -1.55. The molecule has 268 valence electrons. The van der Waals surface area contributed by atoms with Crippen LogP contribution in [0.4, 0.5) is 0 Å². The molecule has 9 nitrogen and oxygen atoms in total. The Balaban J connectivity index is 2.32. The second-order valence-corrected chi connectivity index (χ2v) is 19.8. The van der Waals surface area contributed by atoms with Crippen LogP contribution in [0.5, 0.6) is 0 Å². The Morgan fingerprint density at radius 1 is 1.19 bits per heavy atom. The van der Waals surface area contributed by atoms with Crippen LogP contribution >= 0.6 is 0 Å². The molecule has 2 unspecified atom stereocenters. The third kappa shape index (κ3) is 11.8. The van der Waals surface area contributed by atoms with Gasteiger partial charge >= 0.3 is 11.9 Å². The quantitative estimate of drug-likeness (QED) is 0.0739. The first-order valence-electron chi connectivity index (χ1n) is 17.2. The maximum Gasteiger partial charge on any atom is 0.306 e. The molecule has 0 amide bonds. The summed E-state index contributed by atoms with van der Waals surface area (Å²) in [5.41, 5.74) is -0.589. The number of allylic oxidation sites excluding steroid dienone is 3. The number of carbonyl (C=O) groups excluding carboxylic acids is 3. The van der Waals surface area contributed by atoms with Gasteiger partial charge in [-0.1, -0.05) is 65.8 Å². The number of aliphatic hydroxyl groups is 1. The summed E-state index contributed by atoms with van der Waals surface area (Å²) in [6.45, 7) is 20.5. The molecule has 0 aromatic rings. The van der Waals surface area contributed by atoms with Gasteiger partial charge in [-0.05, 0) is 75.2 Å². The zero-order chi connectivity index (χ0) is 35.9. The molecular weight excluding hydrogens is 616 g/mol. The van der Waals surface area contributed by atoms with Crippen molar-refractivity contribution in [3.63, 3.8) is 0 Å². The molecule has 2 aliphatic rings. The lowest BCUT2D eigenvalue weighted by atomic mass is 9.83. The maximum atomic E-state index is 13.5. The first kappa shape index (κ1) is 41.1. The molecule has 0 saturated carbocycles. The number of Topliss-reactive ketones (excluding diaryl/α,β-unsaturated/α-hetero) is 1. The number of esters is 2. The van der Waals surface area contributed by atoms with Crippen molar-refractivity contribution in [2.75, 3.05) is 7.11 Å². The van der Waals surface area contributed by atoms with Gasteiger partial charge in [0.1, 0.15) is 23.9 Å². The Morgan fingerprint density at radius 2 is 1.83 bits per heavy atom. The second kappa shape index (κ2) is 17.0. The lowest BCUT2D eigenvalue weighted by molar-refractivity contribution is -0.156. The third-order valence-corrected chi connectivity index (χ3v) is 14.0.